The third-order valence-electron chi connectivity index (χ3n) is 9.33. The zero-order valence-electron chi connectivity index (χ0n) is 27.2. The Bertz CT molecular complexity index is 1690. The molecule has 246 valence electrons. The molecular weight excluding hydrogens is 594 g/mol. The van der Waals surface area contributed by atoms with E-state index in [-0.39, 0.29) is 29.7 Å². The normalized spacial score (nSPS) is 17.4. The van der Waals surface area contributed by atoms with Crippen LogP contribution in [0.5, 0.6) is 0 Å². The summed E-state index contributed by atoms with van der Waals surface area (Å²) in [6, 6.07) is 15.6. The van der Waals surface area contributed by atoms with Crippen LogP contribution in [0.25, 0.3) is 33.6 Å². The highest BCUT2D eigenvalue weighted by Gasteiger charge is 2.37. The van der Waals surface area contributed by atoms with Crippen LogP contribution in [0.4, 0.5) is 10.7 Å². The smallest absolute Gasteiger partial charge is 0.407 e. The van der Waals surface area contributed by atoms with Crippen molar-refractivity contribution in [3.05, 3.63) is 66.7 Å². The number of hydrogen-bond acceptors (Lipinski definition) is 6. The van der Waals surface area contributed by atoms with E-state index < -0.39 is 12.1 Å². The second kappa shape index (κ2) is 14.2. The van der Waals surface area contributed by atoms with E-state index in [2.05, 4.69) is 49.9 Å². The van der Waals surface area contributed by atoms with Gasteiger partial charge in [-0.15, -0.1) is 0 Å². The standard InChI is InChI=1S/C36H43N7O4/c1-22(2)31(41-36(46)47-3)34(45)43-19-7-10-30(43)32-37-20-28(39-32)25-15-11-23(12-16-25)24-13-17-26(18-14-24)29-21-38-35(40-29)42-33(44)27-8-5-4-6-9-27/h11-18,20-22,27,30-31H,4-10,19H2,1-3H3,(H,37,39)(H,41,46)(H2,38,40,42,44)/t30-,31-/m0/s1. The van der Waals surface area contributed by atoms with Crippen molar-refractivity contribution < 1.29 is 19.1 Å². The number of carbonyl (C=O) groups excluding carboxylic acids is 3. The number of anilines is 1. The molecule has 0 spiro atoms. The summed E-state index contributed by atoms with van der Waals surface area (Å²) >= 11 is 0. The zero-order chi connectivity index (χ0) is 32.9. The lowest BCUT2D eigenvalue weighted by Gasteiger charge is -2.29. The molecule has 1 saturated carbocycles. The number of carbonyl (C=O) groups is 3. The topological polar surface area (TPSA) is 145 Å². The van der Waals surface area contributed by atoms with Crippen LogP contribution in [0.2, 0.25) is 0 Å². The number of amides is 3. The fraction of sp³-hybridized carbons (Fsp3) is 0.417. The van der Waals surface area contributed by atoms with E-state index in [0.29, 0.717) is 12.5 Å². The predicted molar refractivity (Wildman–Crippen MR) is 180 cm³/mol. The van der Waals surface area contributed by atoms with Gasteiger partial charge in [0.15, 0.2) is 0 Å². The molecule has 2 aliphatic rings. The molecule has 0 unspecified atom stereocenters. The van der Waals surface area contributed by atoms with Crippen molar-refractivity contribution in [1.29, 1.82) is 0 Å². The van der Waals surface area contributed by atoms with Gasteiger partial charge in [0.05, 0.1) is 24.5 Å². The summed E-state index contributed by atoms with van der Waals surface area (Å²) in [7, 11) is 1.29. The van der Waals surface area contributed by atoms with Crippen molar-refractivity contribution in [2.24, 2.45) is 11.8 Å². The SMILES string of the molecule is COC(=O)N[C@H](C(=O)N1CCC[C@H]1c1nc(-c2ccc(-c3ccc(-c4c[nH]c(NC(=O)C5CCCCC5)n4)cc3)cc2)c[nH]1)C(C)C. The highest BCUT2D eigenvalue weighted by molar-refractivity contribution is 5.91. The Morgan fingerprint density at radius 3 is 2.02 bits per heavy atom. The first-order valence-electron chi connectivity index (χ1n) is 16.6. The number of imidazole rings is 2. The minimum Gasteiger partial charge on any atom is -0.453 e. The Kier molecular flexibility index (Phi) is 9.70. The summed E-state index contributed by atoms with van der Waals surface area (Å²) in [6.07, 6.45) is 10.1. The number of benzene rings is 2. The van der Waals surface area contributed by atoms with E-state index in [4.69, 9.17) is 9.72 Å². The van der Waals surface area contributed by atoms with Crippen LogP contribution in [0.15, 0.2) is 60.9 Å². The molecule has 6 rings (SSSR count). The largest absolute Gasteiger partial charge is 0.453 e. The molecule has 4 aromatic rings. The molecule has 2 atom stereocenters. The summed E-state index contributed by atoms with van der Waals surface area (Å²) in [6.45, 7) is 4.42. The number of aromatic nitrogens is 4. The number of nitrogens with zero attached hydrogens (tertiary/aromatic N) is 3. The van der Waals surface area contributed by atoms with Crippen LogP contribution in [0.3, 0.4) is 0 Å². The van der Waals surface area contributed by atoms with Gasteiger partial charge < -0.3 is 24.9 Å². The van der Waals surface area contributed by atoms with Gasteiger partial charge in [0.2, 0.25) is 17.8 Å². The van der Waals surface area contributed by atoms with E-state index >= 15 is 0 Å². The fourth-order valence-electron chi connectivity index (χ4n) is 6.63. The first-order valence-corrected chi connectivity index (χ1v) is 16.6. The third-order valence-corrected chi connectivity index (χ3v) is 9.33. The Labute approximate surface area is 274 Å². The van der Waals surface area contributed by atoms with Gasteiger partial charge in [-0.25, -0.2) is 14.8 Å². The molecule has 4 N–H and O–H groups in total. The van der Waals surface area contributed by atoms with Crippen LogP contribution in [0.1, 0.15) is 70.7 Å². The molecule has 2 fully saturated rings. The quantitative estimate of drug-likeness (QED) is 0.161. The Balaban J connectivity index is 1.09. The summed E-state index contributed by atoms with van der Waals surface area (Å²) in [5, 5.41) is 5.64. The molecule has 2 aromatic heterocycles. The first kappa shape index (κ1) is 32.0. The lowest BCUT2D eigenvalue weighted by Crippen LogP contribution is -2.51. The summed E-state index contributed by atoms with van der Waals surface area (Å²) in [5.41, 5.74) is 5.66. The molecule has 3 amide bonds. The number of methoxy groups -OCH3 is 1. The summed E-state index contributed by atoms with van der Waals surface area (Å²) < 4.78 is 4.74. The second-order valence-electron chi connectivity index (χ2n) is 12.8. The zero-order valence-corrected chi connectivity index (χ0v) is 27.2. The third kappa shape index (κ3) is 7.24. The molecule has 11 heteroatoms. The maximum absolute atomic E-state index is 13.5. The van der Waals surface area contributed by atoms with E-state index in [0.717, 1.165) is 78.0 Å². The summed E-state index contributed by atoms with van der Waals surface area (Å²) in [4.78, 5) is 55.6. The van der Waals surface area contributed by atoms with E-state index in [9.17, 15) is 14.4 Å². The van der Waals surface area contributed by atoms with Gasteiger partial charge in [-0.2, -0.15) is 0 Å². The number of hydrogen-bond donors (Lipinski definition) is 4. The Morgan fingerprint density at radius 1 is 0.809 bits per heavy atom. The van der Waals surface area contributed by atoms with Gasteiger partial charge in [-0.05, 0) is 42.7 Å². The Hall–Kier alpha value is -4.93. The molecule has 3 heterocycles. The fourth-order valence-corrected chi connectivity index (χ4v) is 6.63. The number of likely N-dealkylation sites (tertiary alicyclic amines) is 1. The van der Waals surface area contributed by atoms with Crippen molar-refractivity contribution in [2.75, 3.05) is 19.0 Å². The van der Waals surface area contributed by atoms with Crippen molar-refractivity contribution in [3.8, 4) is 33.6 Å². The van der Waals surface area contributed by atoms with Crippen molar-refractivity contribution >= 4 is 23.9 Å². The molecular formula is C36H43N7O4. The molecule has 1 aliphatic heterocycles. The highest BCUT2D eigenvalue weighted by Crippen LogP contribution is 2.33. The number of alkyl carbamates (subject to hydrolysis) is 1. The van der Waals surface area contributed by atoms with E-state index in [1.165, 1.54) is 13.5 Å². The van der Waals surface area contributed by atoms with Gasteiger partial charge in [0.25, 0.3) is 0 Å². The Morgan fingerprint density at radius 2 is 1.40 bits per heavy atom. The van der Waals surface area contributed by atoms with E-state index in [1.54, 1.807) is 0 Å². The lowest BCUT2D eigenvalue weighted by molar-refractivity contribution is -0.135. The number of nitrogens with one attached hydrogen (secondary N) is 4. The van der Waals surface area contributed by atoms with Crippen molar-refractivity contribution in [2.45, 2.75) is 70.9 Å². The maximum Gasteiger partial charge on any atom is 0.407 e. The number of aromatic amines is 2. The first-order chi connectivity index (χ1) is 22.8. The predicted octanol–water partition coefficient (Wildman–Crippen LogP) is 6.70. The average molecular weight is 638 g/mol. The molecule has 47 heavy (non-hydrogen) atoms. The lowest BCUT2D eigenvalue weighted by atomic mass is 9.89. The number of H-pyrrole nitrogens is 2. The number of ether oxygens (including phenoxy) is 1. The van der Waals surface area contributed by atoms with E-state index in [1.807, 2.05) is 55.4 Å². The van der Waals surface area contributed by atoms with Gasteiger partial charge >= 0.3 is 6.09 Å². The van der Waals surface area contributed by atoms with Crippen LogP contribution in [-0.4, -0.2) is 62.4 Å². The molecule has 1 aliphatic carbocycles. The van der Waals surface area contributed by atoms with Crippen LogP contribution >= 0.6 is 0 Å². The monoisotopic (exact) mass is 637 g/mol. The van der Waals surface area contributed by atoms with Crippen molar-refractivity contribution in [3.63, 3.8) is 0 Å². The molecule has 0 radical (unpaired) electrons. The minimum absolute atomic E-state index is 0.0517. The van der Waals surface area contributed by atoms with Gasteiger partial charge in [-0.3, -0.25) is 14.9 Å². The average Bonchev–Trinajstić information content (AvgIpc) is 3.89. The van der Waals surface area contributed by atoms with Gasteiger partial charge in [0.1, 0.15) is 11.9 Å². The van der Waals surface area contributed by atoms with Crippen LogP contribution in [-0.2, 0) is 14.3 Å². The van der Waals surface area contributed by atoms with Gasteiger partial charge in [-0.1, -0.05) is 81.6 Å². The second-order valence-corrected chi connectivity index (χ2v) is 12.8. The highest BCUT2D eigenvalue weighted by atomic mass is 16.5. The summed E-state index contributed by atoms with van der Waals surface area (Å²) in [5.74, 6) is 1.13. The molecule has 1 saturated heterocycles. The molecule has 11 nitrogen and oxygen atoms in total. The molecule has 2 aromatic carbocycles. The van der Waals surface area contributed by atoms with Crippen LogP contribution in [0, 0.1) is 11.8 Å². The molecule has 0 bridgehead atoms. The van der Waals surface area contributed by atoms with Crippen LogP contribution < -0.4 is 10.6 Å². The van der Waals surface area contributed by atoms with Gasteiger partial charge in [0, 0.05) is 36.0 Å². The number of rotatable bonds is 9. The van der Waals surface area contributed by atoms with Crippen molar-refractivity contribution in [1.82, 2.24) is 30.2 Å². The maximum atomic E-state index is 13.5. The minimum atomic E-state index is -0.672.